The molecular formula is C22H22N2O5. The summed E-state index contributed by atoms with van der Waals surface area (Å²) in [6.45, 7) is 1.32. The SMILES string of the molecule is COc1ccc([C@@H](CC(=O)OCc2ncc(-c3ccccc3)o2)NC(C)=O)cc1. The summed E-state index contributed by atoms with van der Waals surface area (Å²) in [5.41, 5.74) is 1.67. The number of carbonyl (C=O) groups is 2. The number of carbonyl (C=O) groups excluding carboxylic acids is 2. The number of nitrogens with one attached hydrogen (secondary N) is 1. The summed E-state index contributed by atoms with van der Waals surface area (Å²) in [5.74, 6) is 0.887. The van der Waals surface area contributed by atoms with E-state index in [1.165, 1.54) is 6.92 Å². The molecule has 2 aromatic carbocycles. The van der Waals surface area contributed by atoms with Gasteiger partial charge in [0.15, 0.2) is 12.4 Å². The monoisotopic (exact) mass is 394 g/mol. The zero-order chi connectivity index (χ0) is 20.6. The van der Waals surface area contributed by atoms with E-state index in [1.54, 1.807) is 37.6 Å². The smallest absolute Gasteiger partial charge is 0.308 e. The molecule has 7 heteroatoms. The second kappa shape index (κ2) is 9.54. The highest BCUT2D eigenvalue weighted by atomic mass is 16.5. The molecule has 0 unspecified atom stereocenters. The molecule has 1 amide bonds. The van der Waals surface area contributed by atoms with E-state index >= 15 is 0 Å². The van der Waals surface area contributed by atoms with Gasteiger partial charge < -0.3 is 19.2 Å². The number of hydrogen-bond acceptors (Lipinski definition) is 6. The number of rotatable bonds is 8. The van der Waals surface area contributed by atoms with E-state index in [-0.39, 0.29) is 18.9 Å². The zero-order valence-electron chi connectivity index (χ0n) is 16.3. The first-order valence-electron chi connectivity index (χ1n) is 9.12. The van der Waals surface area contributed by atoms with Gasteiger partial charge in [-0.3, -0.25) is 9.59 Å². The summed E-state index contributed by atoms with van der Waals surface area (Å²) in [6, 6.07) is 16.2. The molecule has 0 aliphatic rings. The van der Waals surface area contributed by atoms with Crippen molar-refractivity contribution in [1.82, 2.24) is 10.3 Å². The maximum atomic E-state index is 12.3. The standard InChI is InChI=1S/C22H22N2O5/c1-15(25)24-19(16-8-10-18(27-2)11-9-16)12-22(26)28-14-21-23-13-20(29-21)17-6-4-3-5-7-17/h3-11,13,19H,12,14H2,1-2H3,(H,24,25)/t19-/m1/s1. The lowest BCUT2D eigenvalue weighted by molar-refractivity contribution is -0.146. The van der Waals surface area contributed by atoms with E-state index in [2.05, 4.69) is 10.3 Å². The third kappa shape index (κ3) is 5.68. The van der Waals surface area contributed by atoms with Crippen LogP contribution in [-0.4, -0.2) is 24.0 Å². The number of amides is 1. The van der Waals surface area contributed by atoms with Crippen LogP contribution in [0.5, 0.6) is 5.75 Å². The molecule has 0 saturated heterocycles. The normalized spacial score (nSPS) is 11.5. The summed E-state index contributed by atoms with van der Waals surface area (Å²) in [7, 11) is 1.57. The number of ether oxygens (including phenoxy) is 2. The summed E-state index contributed by atoms with van der Waals surface area (Å²) >= 11 is 0. The second-order valence-corrected chi connectivity index (χ2v) is 6.38. The summed E-state index contributed by atoms with van der Waals surface area (Å²) in [6.07, 6.45) is 1.58. The molecule has 29 heavy (non-hydrogen) atoms. The van der Waals surface area contributed by atoms with Gasteiger partial charge >= 0.3 is 5.97 Å². The lowest BCUT2D eigenvalue weighted by Crippen LogP contribution is -2.28. The van der Waals surface area contributed by atoms with Crippen molar-refractivity contribution in [2.24, 2.45) is 0 Å². The van der Waals surface area contributed by atoms with Crippen LogP contribution in [0.4, 0.5) is 0 Å². The van der Waals surface area contributed by atoms with E-state index < -0.39 is 12.0 Å². The number of esters is 1. The molecule has 1 N–H and O–H groups in total. The van der Waals surface area contributed by atoms with E-state index in [0.29, 0.717) is 17.4 Å². The van der Waals surface area contributed by atoms with Crippen LogP contribution in [0.15, 0.2) is 65.2 Å². The van der Waals surface area contributed by atoms with Gasteiger partial charge in [-0.2, -0.15) is 0 Å². The number of nitrogens with zero attached hydrogens (tertiary/aromatic N) is 1. The fraction of sp³-hybridized carbons (Fsp3) is 0.227. The van der Waals surface area contributed by atoms with Crippen LogP contribution in [0.3, 0.4) is 0 Å². The Labute approximate surface area is 168 Å². The Hall–Kier alpha value is -3.61. The van der Waals surface area contributed by atoms with Crippen molar-refractivity contribution in [3.63, 3.8) is 0 Å². The van der Waals surface area contributed by atoms with Crippen molar-refractivity contribution in [3.05, 3.63) is 72.2 Å². The van der Waals surface area contributed by atoms with E-state index in [1.807, 2.05) is 30.3 Å². The largest absolute Gasteiger partial charge is 0.497 e. The summed E-state index contributed by atoms with van der Waals surface area (Å²) in [5, 5.41) is 2.77. The molecule has 0 fully saturated rings. The highest BCUT2D eigenvalue weighted by Crippen LogP contribution is 2.22. The molecule has 0 bridgehead atoms. The Morgan fingerprint density at radius 1 is 1.10 bits per heavy atom. The number of oxazole rings is 1. The van der Waals surface area contributed by atoms with Crippen molar-refractivity contribution in [2.75, 3.05) is 7.11 Å². The fourth-order valence-corrected chi connectivity index (χ4v) is 2.81. The minimum Gasteiger partial charge on any atom is -0.497 e. The molecule has 0 spiro atoms. The van der Waals surface area contributed by atoms with Crippen LogP contribution >= 0.6 is 0 Å². The number of methoxy groups -OCH3 is 1. The third-order valence-electron chi connectivity index (χ3n) is 4.23. The average molecular weight is 394 g/mol. The van der Waals surface area contributed by atoms with E-state index in [4.69, 9.17) is 13.9 Å². The van der Waals surface area contributed by atoms with Crippen molar-refractivity contribution < 1.29 is 23.5 Å². The molecule has 1 heterocycles. The predicted octanol–water partition coefficient (Wildman–Crippen LogP) is 3.66. The Morgan fingerprint density at radius 2 is 1.83 bits per heavy atom. The molecule has 1 atom stereocenters. The van der Waals surface area contributed by atoms with Gasteiger partial charge in [-0.25, -0.2) is 4.98 Å². The first-order valence-corrected chi connectivity index (χ1v) is 9.12. The van der Waals surface area contributed by atoms with E-state index in [0.717, 1.165) is 11.1 Å². The first-order chi connectivity index (χ1) is 14.0. The molecule has 0 aliphatic heterocycles. The summed E-state index contributed by atoms with van der Waals surface area (Å²) in [4.78, 5) is 28.0. The van der Waals surface area contributed by atoms with Crippen LogP contribution in [0.25, 0.3) is 11.3 Å². The van der Waals surface area contributed by atoms with Gasteiger partial charge in [-0.1, -0.05) is 42.5 Å². The first kappa shape index (κ1) is 20.1. The molecule has 0 radical (unpaired) electrons. The summed E-state index contributed by atoms with van der Waals surface area (Å²) < 4.78 is 16.0. The van der Waals surface area contributed by atoms with E-state index in [9.17, 15) is 9.59 Å². The van der Waals surface area contributed by atoms with Gasteiger partial charge in [-0.05, 0) is 17.7 Å². The lowest BCUT2D eigenvalue weighted by atomic mass is 10.0. The third-order valence-corrected chi connectivity index (χ3v) is 4.23. The van der Waals surface area contributed by atoms with Gasteiger partial charge in [-0.15, -0.1) is 0 Å². The highest BCUT2D eigenvalue weighted by Gasteiger charge is 2.19. The number of hydrogen-bond donors (Lipinski definition) is 1. The molecule has 1 aromatic heterocycles. The Balaban J connectivity index is 1.60. The fourth-order valence-electron chi connectivity index (χ4n) is 2.81. The molecule has 7 nitrogen and oxygen atoms in total. The van der Waals surface area contributed by atoms with Gasteiger partial charge in [0.1, 0.15) is 5.75 Å². The van der Waals surface area contributed by atoms with Crippen molar-refractivity contribution in [1.29, 1.82) is 0 Å². The average Bonchev–Trinajstić information content (AvgIpc) is 3.21. The van der Waals surface area contributed by atoms with Crippen molar-refractivity contribution in [2.45, 2.75) is 26.0 Å². The minimum absolute atomic E-state index is 0.0157. The van der Waals surface area contributed by atoms with Gasteiger partial charge in [0.05, 0.1) is 25.8 Å². The lowest BCUT2D eigenvalue weighted by Gasteiger charge is -2.17. The van der Waals surface area contributed by atoms with Crippen molar-refractivity contribution in [3.8, 4) is 17.1 Å². The Morgan fingerprint density at radius 3 is 2.48 bits per heavy atom. The quantitative estimate of drug-likeness (QED) is 0.587. The van der Waals surface area contributed by atoms with Gasteiger partial charge in [0, 0.05) is 12.5 Å². The van der Waals surface area contributed by atoms with Crippen molar-refractivity contribution >= 4 is 11.9 Å². The predicted molar refractivity (Wildman–Crippen MR) is 106 cm³/mol. The maximum Gasteiger partial charge on any atom is 0.308 e. The van der Waals surface area contributed by atoms with Gasteiger partial charge in [0.2, 0.25) is 11.8 Å². The number of benzene rings is 2. The topological polar surface area (TPSA) is 90.7 Å². The highest BCUT2D eigenvalue weighted by molar-refractivity contribution is 5.76. The Kier molecular flexibility index (Phi) is 6.63. The Bertz CT molecular complexity index is 951. The van der Waals surface area contributed by atoms with Crippen LogP contribution in [0, 0.1) is 0 Å². The molecule has 0 saturated carbocycles. The molecule has 150 valence electrons. The minimum atomic E-state index is -0.504. The molecule has 3 rings (SSSR count). The van der Waals surface area contributed by atoms with Crippen LogP contribution in [0.2, 0.25) is 0 Å². The zero-order valence-corrected chi connectivity index (χ0v) is 16.3. The number of aromatic nitrogens is 1. The van der Waals surface area contributed by atoms with Crippen LogP contribution in [0.1, 0.15) is 30.8 Å². The second-order valence-electron chi connectivity index (χ2n) is 6.38. The molecular weight excluding hydrogens is 372 g/mol. The maximum absolute atomic E-state index is 12.3. The van der Waals surface area contributed by atoms with Gasteiger partial charge in [0.25, 0.3) is 0 Å². The van der Waals surface area contributed by atoms with Crippen LogP contribution in [-0.2, 0) is 20.9 Å². The molecule has 3 aromatic rings. The van der Waals surface area contributed by atoms with Crippen LogP contribution < -0.4 is 10.1 Å². The molecule has 0 aliphatic carbocycles.